The van der Waals surface area contributed by atoms with Crippen molar-refractivity contribution in [2.24, 2.45) is 0 Å². The molecule has 4 nitrogen and oxygen atoms in total. The van der Waals surface area contributed by atoms with Gasteiger partial charge in [0.2, 0.25) is 0 Å². The van der Waals surface area contributed by atoms with E-state index in [0.717, 1.165) is 45.7 Å². The first-order valence-corrected chi connectivity index (χ1v) is 14.7. The number of alkyl halides is 3. The molecule has 0 N–H and O–H groups in total. The molecule has 0 aliphatic heterocycles. The van der Waals surface area contributed by atoms with Gasteiger partial charge in [0.05, 0.1) is 0 Å². The highest BCUT2D eigenvalue weighted by molar-refractivity contribution is 6.01. The minimum atomic E-state index is -5.10. The van der Waals surface area contributed by atoms with E-state index >= 15 is 0 Å². The van der Waals surface area contributed by atoms with Crippen molar-refractivity contribution in [3.8, 4) is 16.9 Å². The normalized spacial score (nSPS) is 13.9. The maximum Gasteiger partial charge on any atom is 0.432 e. The van der Waals surface area contributed by atoms with Gasteiger partial charge in [-0.05, 0) is 72.5 Å². The van der Waals surface area contributed by atoms with Crippen LogP contribution in [0.5, 0.6) is 5.75 Å². The highest BCUT2D eigenvalue weighted by Gasteiger charge is 2.64. The van der Waals surface area contributed by atoms with Crippen LogP contribution >= 0.6 is 0 Å². The number of carbonyl (C=O) groups is 1. The van der Waals surface area contributed by atoms with E-state index in [2.05, 4.69) is 24.0 Å². The van der Waals surface area contributed by atoms with Crippen molar-refractivity contribution in [2.75, 3.05) is 14.2 Å². The summed E-state index contributed by atoms with van der Waals surface area (Å²) in [5.74, 6) is -1.53. The number of fused-ring (bicyclic) bond motifs is 1. The lowest BCUT2D eigenvalue weighted by molar-refractivity contribution is -0.272. The topological polar surface area (TPSA) is 38.8 Å². The Hall–Kier alpha value is -4.46. The first-order chi connectivity index (χ1) is 21.5. The lowest BCUT2D eigenvalue weighted by atomic mass is 9.88. The summed E-state index contributed by atoms with van der Waals surface area (Å²) in [5.41, 5.74) is 1.29. The van der Waals surface area contributed by atoms with Crippen LogP contribution in [-0.4, -0.2) is 31.2 Å². The fourth-order valence-corrected chi connectivity index (χ4v) is 6.02. The Morgan fingerprint density at radius 3 is 2.09 bits per heavy atom. The van der Waals surface area contributed by atoms with Crippen LogP contribution in [-0.2, 0) is 21.7 Å². The molecule has 232 valence electrons. The monoisotopic (exact) mass is 611 g/mol. The van der Waals surface area contributed by atoms with Gasteiger partial charge in [-0.25, -0.2) is 4.79 Å². The van der Waals surface area contributed by atoms with E-state index in [-0.39, 0.29) is 17.4 Å². The van der Waals surface area contributed by atoms with E-state index < -0.39 is 17.7 Å². The Bertz CT molecular complexity index is 1800. The molecule has 0 radical (unpaired) electrons. The zero-order valence-electron chi connectivity index (χ0n) is 26.0. The molecule has 0 aromatic heterocycles. The Kier molecular flexibility index (Phi) is 9.14. The van der Waals surface area contributed by atoms with E-state index in [0.29, 0.717) is 12.1 Å². The maximum absolute atomic E-state index is 14.8. The van der Waals surface area contributed by atoms with Gasteiger partial charge in [0.15, 0.2) is 0 Å². The Morgan fingerprint density at radius 2 is 1.44 bits per heavy atom. The average molecular weight is 612 g/mol. The van der Waals surface area contributed by atoms with E-state index in [1.54, 1.807) is 12.1 Å². The maximum atomic E-state index is 14.8. The molecule has 0 fully saturated rings. The predicted molar refractivity (Wildman–Crippen MR) is 172 cm³/mol. The molecule has 0 amide bonds. The summed E-state index contributed by atoms with van der Waals surface area (Å²) in [6.07, 6.45) is -5.10. The zero-order valence-corrected chi connectivity index (χ0v) is 26.0. The van der Waals surface area contributed by atoms with Gasteiger partial charge in [-0.15, -0.1) is 0 Å². The van der Waals surface area contributed by atoms with E-state index in [9.17, 15) is 18.0 Å². The number of benzene rings is 5. The molecule has 0 saturated carbocycles. The highest BCUT2D eigenvalue weighted by Crippen LogP contribution is 2.46. The summed E-state index contributed by atoms with van der Waals surface area (Å²) < 4.78 is 55.3. The molecule has 7 heteroatoms. The molecule has 5 aromatic carbocycles. The fourth-order valence-electron chi connectivity index (χ4n) is 6.02. The molecule has 0 spiro atoms. The summed E-state index contributed by atoms with van der Waals surface area (Å²) in [7, 11) is 2.91. The number of hydrogen-bond donors (Lipinski definition) is 0. The van der Waals surface area contributed by atoms with Crippen LogP contribution in [0.25, 0.3) is 21.9 Å². The molecule has 0 aliphatic carbocycles. The first kappa shape index (κ1) is 31.9. The number of carbonyl (C=O) groups excluding carboxylic acids is 1. The largest absolute Gasteiger partial charge is 0.432 e. The number of methoxy groups -OCH3 is 1. The average Bonchev–Trinajstić information content (AvgIpc) is 3.02. The van der Waals surface area contributed by atoms with Gasteiger partial charge in [0.1, 0.15) is 5.75 Å². The summed E-state index contributed by atoms with van der Waals surface area (Å²) in [6.45, 7) is 6.36. The molecule has 0 saturated heterocycles. The molecule has 0 aliphatic rings. The Balaban J connectivity index is 1.67. The first-order valence-electron chi connectivity index (χ1n) is 14.7. The van der Waals surface area contributed by atoms with Crippen LogP contribution in [0.1, 0.15) is 40.8 Å². The van der Waals surface area contributed by atoms with Crippen LogP contribution in [0.2, 0.25) is 0 Å². The van der Waals surface area contributed by atoms with Crippen LogP contribution in [0.3, 0.4) is 0 Å². The smallest absolute Gasteiger partial charge is 0.423 e. The third-order valence-corrected chi connectivity index (χ3v) is 8.45. The van der Waals surface area contributed by atoms with Crippen molar-refractivity contribution in [3.05, 3.63) is 137 Å². The molecule has 0 heterocycles. The SMILES string of the molecule is CO[C@@](C(=O)Oc1cc(C)cc(C)c1-c1c(CN(C)[C@H](C)c2ccccc2)ccc2ccccc12)(c1ccccc1)C(F)(F)F. The minimum absolute atomic E-state index is 0.0375. The molecule has 45 heavy (non-hydrogen) atoms. The third kappa shape index (κ3) is 6.10. The number of ether oxygens (including phenoxy) is 2. The van der Waals surface area contributed by atoms with Crippen molar-refractivity contribution in [3.63, 3.8) is 0 Å². The van der Waals surface area contributed by atoms with Crippen LogP contribution in [0.4, 0.5) is 13.2 Å². The van der Waals surface area contributed by atoms with Crippen molar-refractivity contribution in [1.29, 1.82) is 0 Å². The summed E-state index contributed by atoms with van der Waals surface area (Å²) >= 11 is 0. The number of hydrogen-bond acceptors (Lipinski definition) is 4. The van der Waals surface area contributed by atoms with Crippen molar-refractivity contribution in [1.82, 2.24) is 4.90 Å². The minimum Gasteiger partial charge on any atom is -0.423 e. The summed E-state index contributed by atoms with van der Waals surface area (Å²) in [6, 6.07) is 32.6. The fraction of sp³-hybridized carbons (Fsp3) is 0.237. The zero-order chi connectivity index (χ0) is 32.4. The molecule has 5 aromatic rings. The summed E-state index contributed by atoms with van der Waals surface area (Å²) in [4.78, 5) is 16.0. The number of esters is 1. The second-order valence-corrected chi connectivity index (χ2v) is 11.4. The Morgan fingerprint density at radius 1 is 0.822 bits per heavy atom. The van der Waals surface area contributed by atoms with Gasteiger partial charge in [-0.2, -0.15) is 13.2 Å². The molecule has 5 rings (SSSR count). The van der Waals surface area contributed by atoms with E-state index in [4.69, 9.17) is 9.47 Å². The molecular weight excluding hydrogens is 575 g/mol. The van der Waals surface area contributed by atoms with Gasteiger partial charge >= 0.3 is 12.1 Å². The van der Waals surface area contributed by atoms with Gasteiger partial charge in [-0.3, -0.25) is 4.90 Å². The van der Waals surface area contributed by atoms with Gasteiger partial charge in [0, 0.05) is 30.8 Å². The lowest BCUT2D eigenvalue weighted by Crippen LogP contribution is -2.52. The standard InChI is InChI=1S/C38H36F3NO3/c1-25-22-26(2)34(33(23-25)45-36(43)37(44-5,38(39,40)41)31-17-10-7-11-18-31)35-30(21-20-29-16-12-13-19-32(29)35)24-42(4)27(3)28-14-8-6-9-15-28/h6-23,27H,24H2,1-5H3/t27-,37-/m1/s1. The van der Waals surface area contributed by atoms with Gasteiger partial charge < -0.3 is 9.47 Å². The number of rotatable bonds is 9. The van der Waals surface area contributed by atoms with Crippen molar-refractivity contribution >= 4 is 16.7 Å². The van der Waals surface area contributed by atoms with Crippen LogP contribution in [0.15, 0.2) is 109 Å². The quantitative estimate of drug-likeness (QED) is 0.123. The van der Waals surface area contributed by atoms with Crippen molar-refractivity contribution in [2.45, 2.75) is 45.1 Å². The van der Waals surface area contributed by atoms with Crippen LogP contribution in [0, 0.1) is 13.8 Å². The van der Waals surface area contributed by atoms with Gasteiger partial charge in [-0.1, -0.05) is 103 Å². The third-order valence-electron chi connectivity index (χ3n) is 8.45. The molecule has 0 bridgehead atoms. The van der Waals surface area contributed by atoms with E-state index in [1.165, 1.54) is 24.3 Å². The van der Waals surface area contributed by atoms with Crippen molar-refractivity contribution < 1.29 is 27.4 Å². The highest BCUT2D eigenvalue weighted by atomic mass is 19.4. The molecule has 2 atom stereocenters. The Labute approximate surface area is 262 Å². The summed E-state index contributed by atoms with van der Waals surface area (Å²) in [5, 5.41) is 1.86. The second-order valence-electron chi connectivity index (χ2n) is 11.4. The predicted octanol–water partition coefficient (Wildman–Crippen LogP) is 9.33. The lowest BCUT2D eigenvalue weighted by Gasteiger charge is -2.32. The number of halogens is 3. The second kappa shape index (κ2) is 12.9. The van der Waals surface area contributed by atoms with E-state index in [1.807, 2.05) is 81.6 Å². The van der Waals surface area contributed by atoms with Crippen LogP contribution < -0.4 is 4.74 Å². The molecule has 0 unspecified atom stereocenters. The number of aryl methyl sites for hydroxylation is 2. The molecular formula is C38H36F3NO3. The van der Waals surface area contributed by atoms with Gasteiger partial charge in [0.25, 0.3) is 5.60 Å². The number of nitrogens with zero attached hydrogens (tertiary/aromatic N) is 1.